The van der Waals surface area contributed by atoms with E-state index in [4.69, 9.17) is 11.6 Å². The number of carbonyl (C=O) groups excluding carboxylic acids is 2. The van der Waals surface area contributed by atoms with E-state index in [1.54, 1.807) is 48.5 Å². The van der Waals surface area contributed by atoms with Gasteiger partial charge >= 0.3 is 0 Å². The van der Waals surface area contributed by atoms with Crippen molar-refractivity contribution in [2.75, 3.05) is 6.54 Å². The SMILES string of the molecule is CCCNC(=O)C(C#N)=C1N=C(NC(=O)c2ccccc2Cl)c2ccccc21. The van der Waals surface area contributed by atoms with Crippen molar-refractivity contribution < 1.29 is 9.59 Å². The lowest BCUT2D eigenvalue weighted by molar-refractivity contribution is -0.117. The number of hydrogen-bond acceptors (Lipinski definition) is 4. The van der Waals surface area contributed by atoms with Gasteiger partial charge in [-0.1, -0.05) is 54.9 Å². The van der Waals surface area contributed by atoms with Crippen molar-refractivity contribution in [1.29, 1.82) is 5.26 Å². The van der Waals surface area contributed by atoms with Crippen molar-refractivity contribution in [3.8, 4) is 6.07 Å². The minimum atomic E-state index is -0.489. The molecule has 1 aliphatic rings. The summed E-state index contributed by atoms with van der Waals surface area (Å²) in [6.07, 6.45) is 0.749. The molecule has 0 fully saturated rings. The molecular formula is C21H17ClN4O2. The summed E-state index contributed by atoms with van der Waals surface area (Å²) in [4.78, 5) is 29.4. The van der Waals surface area contributed by atoms with Gasteiger partial charge in [0, 0.05) is 17.7 Å². The average molecular weight is 393 g/mol. The second kappa shape index (κ2) is 8.51. The smallest absolute Gasteiger partial charge is 0.264 e. The molecule has 2 amide bonds. The molecule has 2 aromatic rings. The Balaban J connectivity index is 2.00. The lowest BCUT2D eigenvalue weighted by Crippen LogP contribution is -2.30. The minimum absolute atomic E-state index is 0.0945. The Hall–Kier alpha value is -3.43. The Bertz CT molecular complexity index is 1050. The number of carbonyl (C=O) groups is 2. The molecule has 2 aromatic carbocycles. The first-order valence-electron chi connectivity index (χ1n) is 8.73. The van der Waals surface area contributed by atoms with E-state index in [0.717, 1.165) is 6.42 Å². The number of fused-ring (bicyclic) bond motifs is 1. The van der Waals surface area contributed by atoms with E-state index in [-0.39, 0.29) is 17.1 Å². The van der Waals surface area contributed by atoms with Gasteiger partial charge in [0.05, 0.1) is 16.3 Å². The molecule has 0 bridgehead atoms. The normalized spacial score (nSPS) is 13.8. The molecule has 0 unspecified atom stereocenters. The van der Waals surface area contributed by atoms with Crippen molar-refractivity contribution in [1.82, 2.24) is 10.6 Å². The minimum Gasteiger partial charge on any atom is -0.351 e. The van der Waals surface area contributed by atoms with Crippen LogP contribution in [0.5, 0.6) is 0 Å². The Morgan fingerprint density at radius 1 is 1.11 bits per heavy atom. The zero-order valence-electron chi connectivity index (χ0n) is 15.1. The molecule has 2 N–H and O–H groups in total. The van der Waals surface area contributed by atoms with E-state index in [0.29, 0.717) is 28.3 Å². The molecule has 0 radical (unpaired) electrons. The number of amides is 2. The molecule has 1 aliphatic heterocycles. The zero-order chi connectivity index (χ0) is 20.1. The van der Waals surface area contributed by atoms with E-state index < -0.39 is 11.8 Å². The lowest BCUT2D eigenvalue weighted by Gasteiger charge is -2.07. The van der Waals surface area contributed by atoms with Crippen LogP contribution in [0.2, 0.25) is 5.02 Å². The molecule has 1 heterocycles. The fourth-order valence-corrected chi connectivity index (χ4v) is 2.99. The van der Waals surface area contributed by atoms with E-state index in [9.17, 15) is 14.9 Å². The number of nitrogens with one attached hydrogen (secondary N) is 2. The predicted molar refractivity (Wildman–Crippen MR) is 108 cm³/mol. The van der Waals surface area contributed by atoms with Gasteiger partial charge in [0.1, 0.15) is 17.5 Å². The first-order valence-corrected chi connectivity index (χ1v) is 9.11. The maximum Gasteiger partial charge on any atom is 0.264 e. The Kier molecular flexibility index (Phi) is 5.87. The molecule has 0 saturated carbocycles. The quantitative estimate of drug-likeness (QED) is 0.617. The molecule has 7 heteroatoms. The second-order valence-electron chi connectivity index (χ2n) is 6.03. The molecule has 0 atom stereocenters. The summed E-state index contributed by atoms with van der Waals surface area (Å²) in [5, 5.41) is 15.3. The van der Waals surface area contributed by atoms with Crippen molar-refractivity contribution in [2.24, 2.45) is 4.99 Å². The van der Waals surface area contributed by atoms with Gasteiger partial charge in [0.2, 0.25) is 0 Å². The van der Waals surface area contributed by atoms with Crippen molar-refractivity contribution in [3.05, 3.63) is 75.8 Å². The van der Waals surface area contributed by atoms with Crippen LogP contribution in [0, 0.1) is 11.3 Å². The van der Waals surface area contributed by atoms with E-state index in [2.05, 4.69) is 15.6 Å². The summed E-state index contributed by atoms with van der Waals surface area (Å²) >= 11 is 6.09. The summed E-state index contributed by atoms with van der Waals surface area (Å²) in [7, 11) is 0. The average Bonchev–Trinajstić information content (AvgIpc) is 3.05. The standard InChI is InChI=1S/C21H17ClN4O2/c1-2-11-24-20(27)16(12-23)18-13-7-3-4-8-14(13)19(25-18)26-21(28)15-9-5-6-10-17(15)22/h3-10H,2,11H2,1H3,(H,24,27)(H,25,26,28). The fourth-order valence-electron chi connectivity index (χ4n) is 2.77. The third kappa shape index (κ3) is 3.80. The largest absolute Gasteiger partial charge is 0.351 e. The Labute approximate surface area is 167 Å². The van der Waals surface area contributed by atoms with Crippen LogP contribution in [-0.4, -0.2) is 24.2 Å². The number of rotatable bonds is 4. The van der Waals surface area contributed by atoms with Crippen molar-refractivity contribution >= 4 is 34.9 Å². The van der Waals surface area contributed by atoms with Gasteiger partial charge in [-0.2, -0.15) is 5.26 Å². The molecule has 0 spiro atoms. The van der Waals surface area contributed by atoms with Crippen LogP contribution < -0.4 is 10.6 Å². The highest BCUT2D eigenvalue weighted by Crippen LogP contribution is 2.30. The number of nitrogens with zero attached hydrogens (tertiary/aromatic N) is 2. The van der Waals surface area contributed by atoms with Crippen LogP contribution in [-0.2, 0) is 4.79 Å². The third-order valence-electron chi connectivity index (χ3n) is 4.12. The number of nitriles is 1. The number of halogens is 1. The van der Waals surface area contributed by atoms with E-state index in [1.807, 2.05) is 13.0 Å². The van der Waals surface area contributed by atoms with Crippen molar-refractivity contribution in [2.45, 2.75) is 13.3 Å². The molecule has 0 aliphatic carbocycles. The Morgan fingerprint density at radius 3 is 2.46 bits per heavy atom. The van der Waals surface area contributed by atoms with Crippen LogP contribution in [0.1, 0.15) is 34.8 Å². The van der Waals surface area contributed by atoms with Crippen LogP contribution >= 0.6 is 11.6 Å². The highest BCUT2D eigenvalue weighted by Gasteiger charge is 2.27. The molecule has 0 aromatic heterocycles. The summed E-state index contributed by atoms with van der Waals surface area (Å²) < 4.78 is 0. The summed E-state index contributed by atoms with van der Waals surface area (Å²) in [6, 6.07) is 15.7. The molecular weight excluding hydrogens is 376 g/mol. The maximum absolute atomic E-state index is 12.6. The van der Waals surface area contributed by atoms with Gasteiger partial charge in [-0.05, 0) is 18.6 Å². The molecule has 6 nitrogen and oxygen atoms in total. The fraction of sp³-hybridized carbons (Fsp3) is 0.143. The van der Waals surface area contributed by atoms with Gasteiger partial charge in [0.25, 0.3) is 11.8 Å². The number of hydrogen-bond donors (Lipinski definition) is 2. The van der Waals surface area contributed by atoms with Crippen LogP contribution in [0.15, 0.2) is 59.1 Å². The van der Waals surface area contributed by atoms with Gasteiger partial charge in [0.15, 0.2) is 0 Å². The highest BCUT2D eigenvalue weighted by molar-refractivity contribution is 6.34. The zero-order valence-corrected chi connectivity index (χ0v) is 15.9. The lowest BCUT2D eigenvalue weighted by atomic mass is 10.0. The summed E-state index contributed by atoms with van der Waals surface area (Å²) in [5.74, 6) is -0.641. The maximum atomic E-state index is 12.6. The topological polar surface area (TPSA) is 94.3 Å². The van der Waals surface area contributed by atoms with E-state index >= 15 is 0 Å². The first kappa shape index (κ1) is 19.3. The van der Waals surface area contributed by atoms with Gasteiger partial charge in [-0.15, -0.1) is 0 Å². The predicted octanol–water partition coefficient (Wildman–Crippen LogP) is 3.29. The monoisotopic (exact) mass is 392 g/mol. The van der Waals surface area contributed by atoms with Crippen LogP contribution in [0.25, 0.3) is 5.70 Å². The van der Waals surface area contributed by atoms with Gasteiger partial charge in [-0.25, -0.2) is 4.99 Å². The Morgan fingerprint density at radius 2 is 1.79 bits per heavy atom. The second-order valence-corrected chi connectivity index (χ2v) is 6.44. The van der Waals surface area contributed by atoms with E-state index in [1.165, 1.54) is 0 Å². The molecule has 0 saturated heterocycles. The summed E-state index contributed by atoms with van der Waals surface area (Å²) in [6.45, 7) is 2.38. The van der Waals surface area contributed by atoms with Gasteiger partial charge in [-0.3, -0.25) is 9.59 Å². The number of aliphatic imine (C=N–C) groups is 1. The summed E-state index contributed by atoms with van der Waals surface area (Å²) in [5.41, 5.74) is 1.70. The first-order chi connectivity index (χ1) is 13.6. The number of benzene rings is 2. The third-order valence-corrected chi connectivity index (χ3v) is 4.45. The molecule has 28 heavy (non-hydrogen) atoms. The van der Waals surface area contributed by atoms with Crippen molar-refractivity contribution in [3.63, 3.8) is 0 Å². The van der Waals surface area contributed by atoms with Crippen LogP contribution in [0.3, 0.4) is 0 Å². The van der Waals surface area contributed by atoms with Gasteiger partial charge < -0.3 is 10.6 Å². The number of amidine groups is 1. The highest BCUT2D eigenvalue weighted by atomic mass is 35.5. The molecule has 140 valence electrons. The van der Waals surface area contributed by atoms with Crippen LogP contribution in [0.4, 0.5) is 0 Å². The molecule has 3 rings (SSSR count).